The Morgan fingerprint density at radius 1 is 0.256 bits per heavy atom. The Morgan fingerprint density at radius 3 is 0.744 bits per heavy atom. The maximum absolute atomic E-state index is 2.48. The third-order valence-corrected chi connectivity index (χ3v) is 16.5. The molecule has 0 atom stereocenters. The largest absolute Gasteiger partial charge is 0.309 e. The predicted molar refractivity (Wildman–Crippen MR) is 343 cm³/mol. The molecule has 0 amide bonds. The first-order valence-corrected chi connectivity index (χ1v) is 30.4. The summed E-state index contributed by atoms with van der Waals surface area (Å²) in [7, 11) is 0. The van der Waals surface area contributed by atoms with E-state index in [4.69, 9.17) is 0 Å². The molecular weight excluding hydrogens is 941 g/mol. The van der Waals surface area contributed by atoms with Crippen LogP contribution < -0.4 is 0 Å². The molecule has 0 unspecified atom stereocenters. The lowest BCUT2D eigenvalue weighted by atomic mass is 10.0. The van der Waals surface area contributed by atoms with Crippen LogP contribution in [-0.4, -0.2) is 9.13 Å². The maximum Gasteiger partial charge on any atom is 0.0541 e. The smallest absolute Gasteiger partial charge is 0.0541 e. The highest BCUT2D eigenvalue weighted by Crippen LogP contribution is 2.37. The average Bonchev–Trinajstić information content (AvgIpc) is 4.21. The van der Waals surface area contributed by atoms with Crippen molar-refractivity contribution in [1.82, 2.24) is 9.13 Å². The van der Waals surface area contributed by atoms with Crippen LogP contribution in [0.3, 0.4) is 0 Å². The zero-order valence-electron chi connectivity index (χ0n) is 47.5. The SMILES string of the molecule is CCCCCCc1ccc2c(c1)c1cc(CCCCCC)ccc1n2-c1ccc(/C=C/c2ccc(-c3ccc(/C=C/c4ccc(-n5c6ccc(CCCCCC)cc6c6cc(CCCCCC)ccc65)cc4)cc3)cc2)cc1. The van der Waals surface area contributed by atoms with Gasteiger partial charge in [0.25, 0.3) is 0 Å². The van der Waals surface area contributed by atoms with Gasteiger partial charge in [0.1, 0.15) is 0 Å². The molecule has 0 saturated carbocycles. The van der Waals surface area contributed by atoms with Gasteiger partial charge in [-0.25, -0.2) is 0 Å². The summed E-state index contributed by atoms with van der Waals surface area (Å²) in [6.07, 6.45) is 34.2. The monoisotopic (exact) mass is 1020 g/mol. The van der Waals surface area contributed by atoms with Crippen LogP contribution in [0.25, 0.3) is 90.4 Å². The van der Waals surface area contributed by atoms with E-state index < -0.39 is 0 Å². The van der Waals surface area contributed by atoms with E-state index in [0.717, 1.165) is 25.7 Å². The molecule has 78 heavy (non-hydrogen) atoms. The van der Waals surface area contributed by atoms with Gasteiger partial charge in [-0.1, -0.05) is 226 Å². The van der Waals surface area contributed by atoms with E-state index in [9.17, 15) is 0 Å². The van der Waals surface area contributed by atoms with Crippen molar-refractivity contribution in [2.75, 3.05) is 0 Å². The number of rotatable bonds is 27. The molecule has 2 aromatic heterocycles. The second kappa shape index (κ2) is 26.9. The van der Waals surface area contributed by atoms with Crippen LogP contribution in [-0.2, 0) is 25.7 Å². The highest BCUT2D eigenvalue weighted by atomic mass is 15.0. The van der Waals surface area contributed by atoms with Crippen LogP contribution in [0, 0.1) is 0 Å². The first-order chi connectivity index (χ1) is 38.5. The molecule has 10 rings (SSSR count). The molecule has 2 heterocycles. The molecule has 0 spiro atoms. The van der Waals surface area contributed by atoms with Gasteiger partial charge in [0.15, 0.2) is 0 Å². The Hall–Kier alpha value is -7.16. The summed E-state index contributed by atoms with van der Waals surface area (Å²) in [5.74, 6) is 0. The Balaban J connectivity index is 0.793. The molecule has 0 aliphatic carbocycles. The Labute approximate surface area is 467 Å². The summed E-state index contributed by atoms with van der Waals surface area (Å²) in [5.41, 5.74) is 20.6. The number of fused-ring (bicyclic) bond motifs is 6. The van der Waals surface area contributed by atoms with E-state index in [-0.39, 0.29) is 0 Å². The number of nitrogens with zero attached hydrogens (tertiary/aromatic N) is 2. The molecule has 2 nitrogen and oxygen atoms in total. The maximum atomic E-state index is 2.48. The van der Waals surface area contributed by atoms with Crippen LogP contribution in [0.5, 0.6) is 0 Å². The highest BCUT2D eigenvalue weighted by Gasteiger charge is 2.16. The van der Waals surface area contributed by atoms with Gasteiger partial charge in [0, 0.05) is 32.9 Å². The second-order valence-corrected chi connectivity index (χ2v) is 22.4. The van der Waals surface area contributed by atoms with Crippen LogP contribution in [0.1, 0.15) is 175 Å². The van der Waals surface area contributed by atoms with Gasteiger partial charge in [0.2, 0.25) is 0 Å². The van der Waals surface area contributed by atoms with Crippen molar-refractivity contribution in [2.24, 2.45) is 0 Å². The number of aryl methyl sites for hydroxylation is 4. The van der Waals surface area contributed by atoms with E-state index in [0.29, 0.717) is 0 Å². The Morgan fingerprint density at radius 2 is 0.500 bits per heavy atom. The Bertz CT molecular complexity index is 3200. The third kappa shape index (κ3) is 13.2. The van der Waals surface area contributed by atoms with E-state index in [1.165, 1.54) is 213 Å². The van der Waals surface area contributed by atoms with Crippen LogP contribution in [0.15, 0.2) is 170 Å². The summed E-state index contributed by atoms with van der Waals surface area (Å²) < 4.78 is 4.95. The number of unbranched alkanes of at least 4 members (excludes halogenated alkanes) is 12. The quantitative estimate of drug-likeness (QED) is 0.0359. The predicted octanol–water partition coefficient (Wildman–Crippen LogP) is 22.4. The summed E-state index contributed by atoms with van der Waals surface area (Å²) in [6.45, 7) is 9.17. The molecule has 0 radical (unpaired) electrons. The van der Waals surface area contributed by atoms with Crippen molar-refractivity contribution in [3.8, 4) is 22.5 Å². The molecular formula is C76H84N2. The van der Waals surface area contributed by atoms with Gasteiger partial charge in [0.05, 0.1) is 22.1 Å². The minimum Gasteiger partial charge on any atom is -0.309 e. The Kier molecular flexibility index (Phi) is 18.7. The topological polar surface area (TPSA) is 9.86 Å². The molecule has 0 bridgehead atoms. The third-order valence-electron chi connectivity index (χ3n) is 16.5. The van der Waals surface area contributed by atoms with Crippen molar-refractivity contribution in [2.45, 2.75) is 156 Å². The number of hydrogen-bond acceptors (Lipinski definition) is 0. The van der Waals surface area contributed by atoms with E-state index >= 15 is 0 Å². The van der Waals surface area contributed by atoms with Gasteiger partial charge < -0.3 is 9.13 Å². The van der Waals surface area contributed by atoms with Crippen molar-refractivity contribution in [3.63, 3.8) is 0 Å². The summed E-state index contributed by atoms with van der Waals surface area (Å²) in [5, 5.41) is 5.52. The standard InChI is InChI=1S/C76H84N2/c1-5-9-13-17-21-61-37-49-73-69(53-61)70-54-62(22-18-14-10-6-2)38-50-74(70)77(73)67-45-33-59(34-46-67)27-25-57-29-41-65(42-30-57)66-43-31-58(32-44-66)26-28-60-35-47-68(48-36-60)78-75-51-39-63(23-19-15-11-7-3)55-71(75)72-56-64(40-52-76(72)78)24-20-16-12-8-4/h25-56H,5-24H2,1-4H3/b27-25+,28-26+. The van der Waals surface area contributed by atoms with Crippen molar-refractivity contribution in [3.05, 3.63) is 214 Å². The van der Waals surface area contributed by atoms with Gasteiger partial charge in [-0.05, 0) is 180 Å². The molecule has 0 saturated heterocycles. The number of aromatic nitrogens is 2. The van der Waals surface area contributed by atoms with E-state index in [1.54, 1.807) is 0 Å². The normalized spacial score (nSPS) is 12.0. The van der Waals surface area contributed by atoms with Crippen LogP contribution in [0.4, 0.5) is 0 Å². The molecule has 8 aromatic carbocycles. The van der Waals surface area contributed by atoms with Gasteiger partial charge >= 0.3 is 0 Å². The number of hydrogen-bond donors (Lipinski definition) is 0. The van der Waals surface area contributed by atoms with Gasteiger partial charge in [-0.2, -0.15) is 0 Å². The fourth-order valence-corrected chi connectivity index (χ4v) is 11.9. The lowest BCUT2D eigenvalue weighted by Gasteiger charge is -2.09. The molecule has 2 heteroatoms. The van der Waals surface area contributed by atoms with E-state index in [2.05, 4.69) is 231 Å². The molecule has 398 valence electrons. The molecule has 10 aromatic rings. The molecule has 0 aliphatic heterocycles. The first kappa shape index (κ1) is 54.2. The minimum absolute atomic E-state index is 1.15. The minimum atomic E-state index is 1.15. The summed E-state index contributed by atoms with van der Waals surface area (Å²) in [4.78, 5) is 0. The molecule has 0 fully saturated rings. The summed E-state index contributed by atoms with van der Waals surface area (Å²) in [6, 6.07) is 64.9. The van der Waals surface area contributed by atoms with E-state index in [1.807, 2.05) is 0 Å². The van der Waals surface area contributed by atoms with Crippen LogP contribution >= 0.6 is 0 Å². The summed E-state index contributed by atoms with van der Waals surface area (Å²) >= 11 is 0. The zero-order chi connectivity index (χ0) is 53.5. The first-order valence-electron chi connectivity index (χ1n) is 30.4. The highest BCUT2D eigenvalue weighted by molar-refractivity contribution is 6.11. The average molecular weight is 1030 g/mol. The van der Waals surface area contributed by atoms with Crippen LogP contribution in [0.2, 0.25) is 0 Å². The second-order valence-electron chi connectivity index (χ2n) is 22.4. The van der Waals surface area contributed by atoms with Gasteiger partial charge in [-0.3, -0.25) is 0 Å². The lowest BCUT2D eigenvalue weighted by molar-refractivity contribution is 0.667. The van der Waals surface area contributed by atoms with Crippen molar-refractivity contribution >= 4 is 67.9 Å². The van der Waals surface area contributed by atoms with Crippen molar-refractivity contribution in [1.29, 1.82) is 0 Å². The zero-order valence-corrected chi connectivity index (χ0v) is 47.5. The van der Waals surface area contributed by atoms with Crippen molar-refractivity contribution < 1.29 is 0 Å². The fraction of sp³-hybridized carbons (Fsp3) is 0.316. The fourth-order valence-electron chi connectivity index (χ4n) is 11.9. The number of benzene rings is 8. The lowest BCUT2D eigenvalue weighted by Crippen LogP contribution is -1.94. The molecule has 0 aliphatic rings. The molecule has 0 N–H and O–H groups in total. The van der Waals surface area contributed by atoms with Gasteiger partial charge in [-0.15, -0.1) is 0 Å².